The lowest BCUT2D eigenvalue weighted by Gasteiger charge is -2.41. The number of unbranched alkanes of at least 4 members (excludes halogenated alkanes) is 25. The predicted molar refractivity (Wildman–Crippen MR) is 231 cm³/mol. The summed E-state index contributed by atoms with van der Waals surface area (Å²) in [6.07, 6.45) is 24.1. The van der Waals surface area contributed by atoms with Gasteiger partial charge in [0.2, 0.25) is 0 Å². The van der Waals surface area contributed by atoms with Gasteiger partial charge in [-0.05, 0) is 38.5 Å². The lowest BCUT2D eigenvalue weighted by atomic mass is 9.85. The Hall–Kier alpha value is -1.41. The Bertz CT molecular complexity index is 1090. The molecule has 0 aromatic carbocycles. The van der Waals surface area contributed by atoms with E-state index in [4.69, 9.17) is 18.5 Å². The molecule has 59 heavy (non-hydrogen) atoms. The summed E-state index contributed by atoms with van der Waals surface area (Å²) in [6.45, 7) is 3.30. The van der Waals surface area contributed by atoms with Crippen LogP contribution in [0.3, 0.4) is 0 Å². The third-order valence-corrected chi connectivity index (χ3v) is 12.1. The third-order valence-electron chi connectivity index (χ3n) is 11.1. The molecule has 0 saturated heterocycles. The van der Waals surface area contributed by atoms with E-state index < -0.39 is 75.7 Å². The average Bonchev–Trinajstić information content (AvgIpc) is 3.21. The molecule has 0 aromatic rings. The Labute approximate surface area is 356 Å². The molecular formula is C45H85O13P. The zero-order chi connectivity index (χ0) is 43.6. The normalized spacial score (nSPS) is 22.4. The Morgan fingerprint density at radius 1 is 0.508 bits per heavy atom. The first-order valence-electron chi connectivity index (χ1n) is 23.5. The van der Waals surface area contributed by atoms with Crippen LogP contribution in [0.2, 0.25) is 0 Å². The summed E-state index contributed by atoms with van der Waals surface area (Å²) in [5, 5.41) is 50.1. The molecule has 1 aliphatic rings. The van der Waals surface area contributed by atoms with Gasteiger partial charge < -0.3 is 39.9 Å². The number of aliphatic hydroxyl groups is 5. The second-order valence-electron chi connectivity index (χ2n) is 16.6. The first-order chi connectivity index (χ1) is 28.4. The van der Waals surface area contributed by atoms with E-state index in [-0.39, 0.29) is 12.8 Å². The number of aliphatic hydroxyl groups excluding tert-OH is 5. The van der Waals surface area contributed by atoms with Crippen molar-refractivity contribution in [1.82, 2.24) is 0 Å². The van der Waals surface area contributed by atoms with Gasteiger partial charge >= 0.3 is 19.8 Å². The molecule has 1 rings (SSSR count). The number of esters is 2. The van der Waals surface area contributed by atoms with Gasteiger partial charge in [-0.1, -0.05) is 167 Å². The molecule has 0 spiro atoms. The van der Waals surface area contributed by atoms with Gasteiger partial charge in [-0.25, -0.2) is 4.57 Å². The average molecular weight is 865 g/mol. The van der Waals surface area contributed by atoms with E-state index in [0.29, 0.717) is 12.8 Å². The number of phosphoric acid groups is 1. The number of hydrogen-bond donors (Lipinski definition) is 6. The number of rotatable bonds is 39. The quantitative estimate of drug-likeness (QED) is 0.0148. The summed E-state index contributed by atoms with van der Waals surface area (Å²) in [6, 6.07) is 0. The second-order valence-corrected chi connectivity index (χ2v) is 18.0. The van der Waals surface area contributed by atoms with Gasteiger partial charge in [0, 0.05) is 12.8 Å². The highest BCUT2D eigenvalue weighted by atomic mass is 31.2. The van der Waals surface area contributed by atoms with E-state index in [1.165, 1.54) is 122 Å². The number of allylic oxidation sites excluding steroid dienone is 2. The Morgan fingerprint density at radius 2 is 0.864 bits per heavy atom. The molecular weight excluding hydrogens is 779 g/mol. The van der Waals surface area contributed by atoms with Crippen molar-refractivity contribution in [2.24, 2.45) is 0 Å². The van der Waals surface area contributed by atoms with Crippen molar-refractivity contribution >= 4 is 19.8 Å². The fourth-order valence-corrected chi connectivity index (χ4v) is 8.26. The monoisotopic (exact) mass is 865 g/mol. The lowest BCUT2D eigenvalue weighted by molar-refractivity contribution is -0.220. The number of phosphoric ester groups is 1. The fourth-order valence-electron chi connectivity index (χ4n) is 7.28. The van der Waals surface area contributed by atoms with Crippen molar-refractivity contribution in [3.63, 3.8) is 0 Å². The maximum Gasteiger partial charge on any atom is 0.472 e. The minimum absolute atomic E-state index is 0.0807. The van der Waals surface area contributed by atoms with Gasteiger partial charge in [-0.3, -0.25) is 18.6 Å². The molecule has 1 aliphatic carbocycles. The molecule has 14 heteroatoms. The van der Waals surface area contributed by atoms with Gasteiger partial charge in [0.1, 0.15) is 43.2 Å². The molecule has 8 atom stereocenters. The summed E-state index contributed by atoms with van der Waals surface area (Å²) in [7, 11) is -5.12. The molecule has 1 saturated carbocycles. The summed E-state index contributed by atoms with van der Waals surface area (Å²) in [5.74, 6) is -1.11. The SMILES string of the molecule is CCCCCCCCCC/C=C/CCCCCC(=O)O[C@H](COC(=O)CCCCCCCCCCCCCCCCC)COP(=O)(O)OC1C(O)C(O)C(O)[C@@H](O)C1O. The van der Waals surface area contributed by atoms with Crippen LogP contribution in [-0.4, -0.2) is 98.3 Å². The van der Waals surface area contributed by atoms with Crippen LogP contribution in [0.4, 0.5) is 0 Å². The molecule has 13 nitrogen and oxygen atoms in total. The maximum atomic E-state index is 12.8. The van der Waals surface area contributed by atoms with E-state index in [0.717, 1.165) is 44.9 Å². The highest BCUT2D eigenvalue weighted by molar-refractivity contribution is 7.47. The zero-order valence-corrected chi connectivity index (χ0v) is 37.7. The van der Waals surface area contributed by atoms with Crippen LogP contribution in [0.25, 0.3) is 0 Å². The van der Waals surface area contributed by atoms with Crippen LogP contribution >= 0.6 is 7.82 Å². The highest BCUT2D eigenvalue weighted by Crippen LogP contribution is 2.47. The molecule has 0 amide bonds. The molecule has 0 bridgehead atoms. The minimum Gasteiger partial charge on any atom is -0.462 e. The topological polar surface area (TPSA) is 210 Å². The first kappa shape index (κ1) is 55.6. The van der Waals surface area contributed by atoms with Gasteiger partial charge in [-0.15, -0.1) is 0 Å². The number of carbonyl (C=O) groups is 2. The zero-order valence-electron chi connectivity index (χ0n) is 36.8. The van der Waals surface area contributed by atoms with Crippen molar-refractivity contribution < 1.29 is 63.1 Å². The van der Waals surface area contributed by atoms with Crippen LogP contribution in [0, 0.1) is 0 Å². The van der Waals surface area contributed by atoms with Crippen LogP contribution in [0.15, 0.2) is 12.2 Å². The predicted octanol–water partition coefficient (Wildman–Crippen LogP) is 9.06. The highest BCUT2D eigenvalue weighted by Gasteiger charge is 2.51. The van der Waals surface area contributed by atoms with Gasteiger partial charge in [0.15, 0.2) is 6.10 Å². The molecule has 0 radical (unpaired) electrons. The number of ether oxygens (including phenoxy) is 2. The van der Waals surface area contributed by atoms with Gasteiger partial charge in [0.05, 0.1) is 6.61 Å². The Morgan fingerprint density at radius 3 is 1.31 bits per heavy atom. The Kier molecular flexibility index (Phi) is 34.0. The molecule has 6 unspecified atom stereocenters. The van der Waals surface area contributed by atoms with Crippen molar-refractivity contribution in [1.29, 1.82) is 0 Å². The molecule has 1 fully saturated rings. The summed E-state index contributed by atoms with van der Waals surface area (Å²) in [4.78, 5) is 35.7. The van der Waals surface area contributed by atoms with E-state index in [2.05, 4.69) is 26.0 Å². The largest absolute Gasteiger partial charge is 0.472 e. The van der Waals surface area contributed by atoms with E-state index in [1.54, 1.807) is 0 Å². The van der Waals surface area contributed by atoms with E-state index >= 15 is 0 Å². The van der Waals surface area contributed by atoms with Crippen molar-refractivity contribution in [3.05, 3.63) is 12.2 Å². The molecule has 0 aliphatic heterocycles. The van der Waals surface area contributed by atoms with Crippen LogP contribution in [-0.2, 0) is 32.7 Å². The van der Waals surface area contributed by atoms with Crippen molar-refractivity contribution in [2.45, 2.75) is 249 Å². The van der Waals surface area contributed by atoms with Gasteiger partial charge in [-0.2, -0.15) is 0 Å². The van der Waals surface area contributed by atoms with Crippen LogP contribution in [0.5, 0.6) is 0 Å². The second kappa shape index (κ2) is 36.1. The first-order valence-corrected chi connectivity index (χ1v) is 25.0. The summed E-state index contributed by atoms with van der Waals surface area (Å²) < 4.78 is 33.5. The molecule has 348 valence electrons. The molecule has 6 N–H and O–H groups in total. The molecule has 0 heterocycles. The standard InChI is InChI=1S/C45H85O13P/c1-3-5-7-9-11-13-15-17-19-21-23-25-27-29-31-33-38(46)55-35-37(36-56-59(53,54)58-45-43(51)41(49)40(48)42(50)44(45)52)57-39(47)34-32-30-28-26-24-22-20-18-16-14-12-10-8-6-4-2/h22,24,37,40-45,48-52H,3-21,23,25-36H2,1-2H3,(H,53,54)/b24-22+/t37-,40?,41-,42?,43?,44?,45?/m1/s1. The maximum absolute atomic E-state index is 12.8. The lowest BCUT2D eigenvalue weighted by Crippen LogP contribution is -2.64. The van der Waals surface area contributed by atoms with Gasteiger partial charge in [0.25, 0.3) is 0 Å². The summed E-state index contributed by atoms with van der Waals surface area (Å²) >= 11 is 0. The molecule has 0 aromatic heterocycles. The van der Waals surface area contributed by atoms with Crippen molar-refractivity contribution in [3.8, 4) is 0 Å². The fraction of sp³-hybridized carbons (Fsp3) is 0.911. The van der Waals surface area contributed by atoms with Crippen LogP contribution in [0.1, 0.15) is 206 Å². The van der Waals surface area contributed by atoms with Crippen molar-refractivity contribution in [2.75, 3.05) is 13.2 Å². The minimum atomic E-state index is -5.12. The van der Waals surface area contributed by atoms with E-state index in [1.807, 2.05) is 0 Å². The number of hydrogen-bond acceptors (Lipinski definition) is 12. The van der Waals surface area contributed by atoms with Crippen LogP contribution < -0.4 is 0 Å². The number of carbonyl (C=O) groups excluding carboxylic acids is 2. The van der Waals surface area contributed by atoms with E-state index in [9.17, 15) is 44.6 Å². The smallest absolute Gasteiger partial charge is 0.462 e. The third kappa shape index (κ3) is 28.7. The summed E-state index contributed by atoms with van der Waals surface area (Å²) in [5.41, 5.74) is 0. The Balaban J connectivity index is 2.46.